The van der Waals surface area contributed by atoms with Crippen LogP contribution in [0.2, 0.25) is 0 Å². The number of carboxylic acid groups (broad SMARTS) is 1. The third-order valence-corrected chi connectivity index (χ3v) is 17.0. The summed E-state index contributed by atoms with van der Waals surface area (Å²) in [6.07, 6.45) is 4.32. The van der Waals surface area contributed by atoms with Gasteiger partial charge in [-0.3, -0.25) is 23.8 Å². The van der Waals surface area contributed by atoms with Crippen LogP contribution in [0.1, 0.15) is 88.9 Å². The minimum absolute atomic E-state index is 0. The highest BCUT2D eigenvalue weighted by Gasteiger charge is 2.53. The molecule has 0 bridgehead atoms. The highest BCUT2D eigenvalue weighted by molar-refractivity contribution is 7.93. The Morgan fingerprint density at radius 3 is 1.40 bits per heavy atom. The smallest absolute Gasteiger partial charge is 0.336 e. The van der Waals surface area contributed by atoms with E-state index < -0.39 is 69.9 Å². The summed E-state index contributed by atoms with van der Waals surface area (Å²) in [4.78, 5) is 55.3. The van der Waals surface area contributed by atoms with Gasteiger partial charge in [0.2, 0.25) is 0 Å². The van der Waals surface area contributed by atoms with Gasteiger partial charge in [-0.15, -0.1) is 0 Å². The summed E-state index contributed by atoms with van der Waals surface area (Å²) >= 11 is 0. The largest absolute Gasteiger partial charge is 0.478 e. The van der Waals surface area contributed by atoms with Crippen molar-refractivity contribution >= 4 is 54.9 Å². The second-order valence-electron chi connectivity index (χ2n) is 18.5. The Hall–Kier alpha value is -5.74. The Morgan fingerprint density at radius 2 is 1.03 bits per heavy atom. The number of hydrogen-bond acceptors (Lipinski definition) is 11. The number of nitrogens with one attached hydrogen (secondary N) is 3. The van der Waals surface area contributed by atoms with Crippen LogP contribution in [-0.4, -0.2) is 127 Å². The fraction of sp³-hybridized carbons (Fsp3) is 0.429. The van der Waals surface area contributed by atoms with Gasteiger partial charge in [0.1, 0.15) is 44.6 Å². The number of amides is 1. The number of carbonyl (C=O) groups is 4. The maximum atomic E-state index is 14.2. The summed E-state index contributed by atoms with van der Waals surface area (Å²) in [5.41, 5.74) is 0.946. The summed E-state index contributed by atoms with van der Waals surface area (Å²) < 4.78 is 110. The van der Waals surface area contributed by atoms with Crippen molar-refractivity contribution in [3.8, 4) is 0 Å². The van der Waals surface area contributed by atoms with Crippen LogP contribution < -0.4 is 14.8 Å². The highest BCUT2D eigenvalue weighted by atomic mass is 32.2. The molecule has 376 valence electrons. The van der Waals surface area contributed by atoms with Gasteiger partial charge in [-0.25, -0.2) is 39.2 Å². The topological polar surface area (TPSA) is 203 Å². The van der Waals surface area contributed by atoms with Crippen LogP contribution in [0.15, 0.2) is 70.5 Å². The number of carbonyl (C=O) groups excluding carboxylic acids is 3. The molecule has 2 spiro atoms. The number of anilines is 2. The van der Waals surface area contributed by atoms with Gasteiger partial charge in [-0.2, -0.15) is 0 Å². The number of likely N-dealkylation sites (N-methyl/N-ethyl adjacent to an activating group) is 2. The minimum atomic E-state index is -4.43. The Morgan fingerprint density at radius 1 is 0.614 bits per heavy atom. The molecule has 2 saturated carbocycles. The van der Waals surface area contributed by atoms with Crippen molar-refractivity contribution in [3.05, 3.63) is 117 Å². The molecule has 0 radical (unpaired) electrons. The maximum Gasteiger partial charge on any atom is 0.336 e. The van der Waals surface area contributed by atoms with Gasteiger partial charge >= 0.3 is 5.97 Å². The number of piperazine rings is 2. The molecule has 4 aliphatic carbocycles. The van der Waals surface area contributed by atoms with Crippen molar-refractivity contribution in [1.29, 1.82) is 0 Å². The van der Waals surface area contributed by atoms with Gasteiger partial charge in [0.25, 0.3) is 26.0 Å². The summed E-state index contributed by atoms with van der Waals surface area (Å²) in [6.45, 7) is 7.23. The van der Waals surface area contributed by atoms with Crippen LogP contribution in [0.4, 0.5) is 28.9 Å². The van der Waals surface area contributed by atoms with Gasteiger partial charge in [-0.1, -0.05) is 20.3 Å². The molecule has 0 aromatic heterocycles. The van der Waals surface area contributed by atoms with Crippen molar-refractivity contribution in [2.24, 2.45) is 0 Å². The molecule has 2 heterocycles. The number of nitrogens with zero attached hydrogens (tertiary/aromatic N) is 3. The first kappa shape index (κ1) is 52.1. The molecular weight excluding hydrogens is 957 g/mol. The summed E-state index contributed by atoms with van der Waals surface area (Å²) in [6, 6.07) is 9.86. The van der Waals surface area contributed by atoms with Gasteiger partial charge in [0.15, 0.2) is 0 Å². The third kappa shape index (κ3) is 10.1. The van der Waals surface area contributed by atoms with Crippen LogP contribution in [-0.2, 0) is 53.3 Å². The van der Waals surface area contributed by atoms with Crippen LogP contribution in [0, 0.1) is 23.3 Å². The van der Waals surface area contributed by atoms with E-state index in [1.54, 1.807) is 11.0 Å². The summed E-state index contributed by atoms with van der Waals surface area (Å²) in [7, 11) is -4.70. The number of ketones is 2. The lowest BCUT2D eigenvalue weighted by atomic mass is 9.64. The van der Waals surface area contributed by atoms with E-state index in [9.17, 15) is 58.7 Å². The van der Waals surface area contributed by atoms with Crippen molar-refractivity contribution in [1.82, 2.24) is 20.0 Å². The molecule has 21 heteroatoms. The zero-order valence-electron chi connectivity index (χ0n) is 38.0. The van der Waals surface area contributed by atoms with E-state index in [0.717, 1.165) is 56.3 Å². The number of hydrogen-bond donors (Lipinski definition) is 4. The zero-order chi connectivity index (χ0) is 49.6. The minimum Gasteiger partial charge on any atom is -0.478 e. The first-order chi connectivity index (χ1) is 32.6. The lowest BCUT2D eigenvalue weighted by Crippen LogP contribution is -2.47. The van der Waals surface area contributed by atoms with Crippen LogP contribution in [0.3, 0.4) is 0 Å². The fourth-order valence-electron chi connectivity index (χ4n) is 9.96. The molecule has 0 atom stereocenters. The van der Waals surface area contributed by atoms with Crippen molar-refractivity contribution in [2.75, 3.05) is 75.9 Å². The third-order valence-electron chi connectivity index (χ3n) is 14.2. The average molecular weight is 1010 g/mol. The second kappa shape index (κ2) is 20.2. The maximum absolute atomic E-state index is 14.2. The number of halogens is 4. The predicted molar refractivity (Wildman–Crippen MR) is 253 cm³/mol. The molecule has 15 nitrogen and oxygen atoms in total. The number of carboxylic acids is 1. The molecular formula is C49H56F4N6O9S2. The molecule has 1 amide bonds. The standard InChI is InChI=1S/C24H25F2N3O4S.C19H15F2NO5S.C5H12N2.CH4/c1-28-7-9-29(10-8-28)23(31)18-12-16(13-19-17(18)14-22(30)24(19)5-2-6-24)27-34(32,33)21-4-3-15(25)11-20(21)26;20-10-2-3-16(15(21)6-10)28(26,27)22-11-7-13(18(24)25)12-9-17(23)19(4-1-5-19)14(12)8-11;1-7-4-2-6-3-5-7;/h3-4,11-13,27H,2,5-10,14H2,1H3;2-3,6-8,22H,1,4-5,9H2,(H,24,25);6H,2-5H2,1H3;1H4. The Bertz CT molecular complexity index is 2970. The average Bonchev–Trinajstić information content (AvgIpc) is 3.73. The van der Waals surface area contributed by atoms with E-state index in [1.165, 1.54) is 25.2 Å². The Labute approximate surface area is 404 Å². The zero-order valence-corrected chi connectivity index (χ0v) is 39.6. The molecule has 0 unspecified atom stereocenters. The molecule has 70 heavy (non-hydrogen) atoms. The van der Waals surface area contributed by atoms with Crippen LogP contribution in [0.5, 0.6) is 0 Å². The highest BCUT2D eigenvalue weighted by Crippen LogP contribution is 2.53. The monoisotopic (exact) mass is 1010 g/mol. The number of Topliss-reactive ketones (excluding diaryl/α,β-unsaturated/α-hetero) is 2. The fourth-order valence-corrected chi connectivity index (χ4v) is 12.2. The normalized spacial score (nSPS) is 19.0. The van der Waals surface area contributed by atoms with E-state index >= 15 is 0 Å². The number of rotatable bonds is 8. The van der Waals surface area contributed by atoms with Crippen LogP contribution >= 0.6 is 0 Å². The molecule has 4 N–H and O–H groups in total. The van der Waals surface area contributed by atoms with E-state index in [1.807, 2.05) is 7.05 Å². The summed E-state index contributed by atoms with van der Waals surface area (Å²) in [5, 5.41) is 12.8. The SMILES string of the molecule is C.CN1CCN(C(=O)c2cc(NS(=O)(=O)c3ccc(F)cc3F)cc3c2CC(=O)C32CCC2)CC1.CN1CCNCC1.O=C(O)c1cc(NS(=O)(=O)c2ccc(F)cc2F)cc2c1CC(=O)C21CCC1. The molecule has 2 saturated heterocycles. The number of aromatic carboxylic acids is 1. The van der Waals surface area contributed by atoms with Crippen LogP contribution in [0.25, 0.3) is 0 Å². The summed E-state index contributed by atoms with van der Waals surface area (Å²) in [5.74, 6) is -5.85. The van der Waals surface area contributed by atoms with Gasteiger partial charge < -0.3 is 25.1 Å². The van der Waals surface area contributed by atoms with E-state index in [2.05, 4.69) is 31.6 Å². The van der Waals surface area contributed by atoms with Crippen molar-refractivity contribution in [3.63, 3.8) is 0 Å². The molecule has 4 aromatic carbocycles. The lowest BCUT2D eigenvalue weighted by Gasteiger charge is -2.38. The lowest BCUT2D eigenvalue weighted by molar-refractivity contribution is -0.126. The predicted octanol–water partition coefficient (Wildman–Crippen LogP) is 5.87. The van der Waals surface area contributed by atoms with Gasteiger partial charge in [-0.05, 0) is 111 Å². The first-order valence-corrected chi connectivity index (χ1v) is 25.6. The molecule has 4 aromatic rings. The van der Waals surface area contributed by atoms with E-state index in [4.69, 9.17) is 0 Å². The van der Waals surface area contributed by atoms with Gasteiger partial charge in [0, 0.05) is 88.6 Å². The first-order valence-electron chi connectivity index (χ1n) is 22.6. The number of fused-ring (bicyclic) bond motifs is 4. The number of sulfonamides is 2. The molecule has 4 fully saturated rings. The molecule has 2 aliphatic heterocycles. The second-order valence-corrected chi connectivity index (χ2v) is 21.8. The van der Waals surface area contributed by atoms with E-state index in [-0.39, 0.29) is 54.7 Å². The van der Waals surface area contributed by atoms with Crippen molar-refractivity contribution in [2.45, 2.75) is 79.4 Å². The molecule has 6 aliphatic rings. The van der Waals surface area contributed by atoms with E-state index in [0.29, 0.717) is 91.8 Å². The number of benzene rings is 4. The van der Waals surface area contributed by atoms with Crippen molar-refractivity contribution < 1.29 is 58.7 Å². The van der Waals surface area contributed by atoms with Gasteiger partial charge in [0.05, 0.1) is 22.1 Å². The molecule has 10 rings (SSSR count). The Balaban J connectivity index is 0.000000181. The Kier molecular flexibility index (Phi) is 15.0. The quantitative estimate of drug-likeness (QED) is 0.153.